The summed E-state index contributed by atoms with van der Waals surface area (Å²) in [5.41, 5.74) is 0. The van der Waals surface area contributed by atoms with Crippen LogP contribution in [0.1, 0.15) is 38.5 Å². The molecule has 0 aromatic rings. The third-order valence-electron chi connectivity index (χ3n) is 4.35. The van der Waals surface area contributed by atoms with Gasteiger partial charge in [-0.3, -0.25) is 0 Å². The third kappa shape index (κ3) is 0.964. The lowest BCUT2D eigenvalue weighted by molar-refractivity contribution is 0.468. The van der Waals surface area contributed by atoms with E-state index in [4.69, 9.17) is 0 Å². The monoisotopic (exact) mass is 150 g/mol. The number of rotatable bonds is 1. The van der Waals surface area contributed by atoms with E-state index in [1.165, 1.54) is 38.5 Å². The lowest BCUT2D eigenvalue weighted by Gasteiger charge is -2.32. The van der Waals surface area contributed by atoms with Crippen molar-refractivity contribution < 1.29 is 0 Å². The zero-order valence-electron chi connectivity index (χ0n) is 7.90. The van der Waals surface area contributed by atoms with Crippen LogP contribution in [-0.2, 0) is 0 Å². The van der Waals surface area contributed by atoms with Crippen molar-refractivity contribution >= 4 is 6.71 Å². The van der Waals surface area contributed by atoms with Crippen LogP contribution in [0.25, 0.3) is 0 Å². The van der Waals surface area contributed by atoms with Gasteiger partial charge < -0.3 is 0 Å². The normalized spacial score (nSPS) is 42.5. The minimum Gasteiger partial charge on any atom is -0.0858 e. The van der Waals surface area contributed by atoms with Gasteiger partial charge in [-0.1, -0.05) is 52.2 Å². The Hall–Kier alpha value is 0.0649. The van der Waals surface area contributed by atoms with E-state index in [1.807, 2.05) is 0 Å². The predicted molar refractivity (Wildman–Crippen MR) is 51.4 cm³/mol. The van der Waals surface area contributed by atoms with Gasteiger partial charge in [0.05, 0.1) is 0 Å². The first kappa shape index (κ1) is 7.70. The topological polar surface area (TPSA) is 0 Å². The van der Waals surface area contributed by atoms with E-state index in [0.717, 1.165) is 17.9 Å². The van der Waals surface area contributed by atoms with Crippen molar-refractivity contribution in [3.63, 3.8) is 0 Å². The molecule has 0 nitrogen and oxygen atoms in total. The van der Waals surface area contributed by atoms with E-state index in [1.54, 1.807) is 0 Å². The molecule has 0 N–H and O–H groups in total. The molecule has 11 heavy (non-hydrogen) atoms. The van der Waals surface area contributed by atoms with Crippen LogP contribution < -0.4 is 0 Å². The van der Waals surface area contributed by atoms with Crippen LogP contribution >= 0.6 is 0 Å². The van der Waals surface area contributed by atoms with Crippen LogP contribution in [0.3, 0.4) is 0 Å². The van der Waals surface area contributed by atoms with Crippen LogP contribution in [0.5, 0.6) is 0 Å². The van der Waals surface area contributed by atoms with E-state index in [2.05, 4.69) is 13.6 Å². The summed E-state index contributed by atoms with van der Waals surface area (Å²) in [4.78, 5) is 0. The lowest BCUT2D eigenvalue weighted by atomic mass is 9.34. The highest BCUT2D eigenvalue weighted by Gasteiger charge is 2.48. The van der Waals surface area contributed by atoms with Crippen molar-refractivity contribution in [2.75, 3.05) is 0 Å². The second-order valence-corrected chi connectivity index (χ2v) is 4.87. The highest BCUT2D eigenvalue weighted by atomic mass is 14.4. The molecule has 0 aromatic heterocycles. The summed E-state index contributed by atoms with van der Waals surface area (Å²) in [6.07, 6.45) is 9.19. The molecule has 0 spiro atoms. The first-order valence-electron chi connectivity index (χ1n) is 5.26. The molecule has 0 aliphatic heterocycles. The second-order valence-electron chi connectivity index (χ2n) is 4.87. The smallest absolute Gasteiger partial charge is 0.0858 e. The van der Waals surface area contributed by atoms with Gasteiger partial charge in [-0.05, 0) is 11.2 Å². The van der Waals surface area contributed by atoms with E-state index in [9.17, 15) is 0 Å². The molecule has 0 amide bonds. The fraction of sp³-hybridized carbons (Fsp3) is 1.00. The Morgan fingerprint density at radius 2 is 1.64 bits per heavy atom. The summed E-state index contributed by atoms with van der Waals surface area (Å²) < 4.78 is 0. The fourth-order valence-corrected chi connectivity index (χ4v) is 3.66. The van der Waals surface area contributed by atoms with Gasteiger partial charge in [0.1, 0.15) is 6.71 Å². The Bertz CT molecular complexity index is 141. The van der Waals surface area contributed by atoms with Crippen molar-refractivity contribution in [1.29, 1.82) is 0 Å². The molecule has 2 saturated carbocycles. The Morgan fingerprint density at radius 3 is 2.00 bits per heavy atom. The van der Waals surface area contributed by atoms with Crippen molar-refractivity contribution in [2.24, 2.45) is 5.92 Å². The van der Waals surface area contributed by atoms with Crippen LogP contribution in [0.15, 0.2) is 0 Å². The molecule has 2 rings (SSSR count). The summed E-state index contributed by atoms with van der Waals surface area (Å²) in [5, 5.41) is 0.806. The summed E-state index contributed by atoms with van der Waals surface area (Å²) in [6.45, 7) is 5.81. The Balaban J connectivity index is 2.20. The Kier molecular flexibility index (Phi) is 1.77. The molecule has 2 aliphatic rings. The van der Waals surface area contributed by atoms with Gasteiger partial charge in [-0.15, -0.1) is 0 Å². The minimum absolute atomic E-state index is 0.806. The molecular weight excluding hydrogens is 131 g/mol. The summed E-state index contributed by atoms with van der Waals surface area (Å²) in [6, 6.07) is 0. The Labute approximate surface area is 70.8 Å². The summed E-state index contributed by atoms with van der Waals surface area (Å²) >= 11 is 0. The summed E-state index contributed by atoms with van der Waals surface area (Å²) in [7, 11) is 0. The van der Waals surface area contributed by atoms with Gasteiger partial charge in [-0.25, -0.2) is 0 Å². The quantitative estimate of drug-likeness (QED) is 0.502. The zero-order valence-corrected chi connectivity index (χ0v) is 7.90. The number of hydrogen-bond donors (Lipinski definition) is 0. The number of fused-ring (bicyclic) bond motifs is 1. The summed E-state index contributed by atoms with van der Waals surface area (Å²) in [5.74, 6) is 1.11. The zero-order chi connectivity index (χ0) is 7.90. The highest BCUT2D eigenvalue weighted by Crippen LogP contribution is 2.61. The lowest BCUT2D eigenvalue weighted by Crippen LogP contribution is -2.26. The molecule has 0 unspecified atom stereocenters. The minimum atomic E-state index is 0.806. The van der Waals surface area contributed by atoms with Crippen LogP contribution in [0.2, 0.25) is 19.0 Å². The number of hydrogen-bond acceptors (Lipinski definition) is 0. The maximum Gasteiger partial charge on any atom is 0.140 e. The van der Waals surface area contributed by atoms with E-state index >= 15 is 0 Å². The second kappa shape index (κ2) is 2.53. The van der Waals surface area contributed by atoms with Crippen molar-refractivity contribution in [1.82, 2.24) is 0 Å². The molecule has 0 aromatic carbocycles. The van der Waals surface area contributed by atoms with Gasteiger partial charge in [0.25, 0.3) is 0 Å². The first-order valence-corrected chi connectivity index (χ1v) is 5.26. The van der Waals surface area contributed by atoms with Crippen molar-refractivity contribution in [2.45, 2.75) is 57.5 Å². The molecule has 0 radical (unpaired) electrons. The van der Waals surface area contributed by atoms with Crippen LogP contribution in [0.4, 0.5) is 0 Å². The molecule has 1 heteroatoms. The van der Waals surface area contributed by atoms with Gasteiger partial charge in [0.2, 0.25) is 0 Å². The van der Waals surface area contributed by atoms with E-state index < -0.39 is 0 Å². The fourth-order valence-electron chi connectivity index (χ4n) is 3.66. The molecule has 2 aliphatic carbocycles. The van der Waals surface area contributed by atoms with E-state index in [-0.39, 0.29) is 0 Å². The Morgan fingerprint density at radius 1 is 1.09 bits per heavy atom. The largest absolute Gasteiger partial charge is 0.140 e. The molecular formula is C10H19B. The molecule has 0 heterocycles. The first-order chi connectivity index (χ1) is 5.26. The molecule has 62 valence electrons. The van der Waals surface area contributed by atoms with Crippen LogP contribution in [-0.4, -0.2) is 6.71 Å². The maximum absolute atomic E-state index is 2.43. The molecule has 0 atom stereocenters. The van der Waals surface area contributed by atoms with Crippen molar-refractivity contribution in [3.05, 3.63) is 0 Å². The van der Waals surface area contributed by atoms with Gasteiger partial charge >= 0.3 is 0 Å². The predicted octanol–water partition coefficient (Wildman–Crippen LogP) is 3.47. The van der Waals surface area contributed by atoms with E-state index in [0.29, 0.717) is 0 Å². The van der Waals surface area contributed by atoms with Crippen molar-refractivity contribution in [3.8, 4) is 0 Å². The average molecular weight is 150 g/mol. The van der Waals surface area contributed by atoms with Crippen LogP contribution in [0, 0.1) is 5.92 Å². The third-order valence-corrected chi connectivity index (χ3v) is 4.35. The highest BCUT2D eigenvalue weighted by molar-refractivity contribution is 6.59. The van der Waals surface area contributed by atoms with Gasteiger partial charge in [0, 0.05) is 0 Å². The molecule has 0 bridgehead atoms. The average Bonchev–Trinajstić information content (AvgIpc) is 2.40. The maximum atomic E-state index is 2.43. The molecule has 2 fully saturated rings. The van der Waals surface area contributed by atoms with Gasteiger partial charge in [0.15, 0.2) is 0 Å². The molecule has 0 saturated heterocycles. The SMILES string of the molecule is CB(C)C12CCCC1CCC2. The van der Waals surface area contributed by atoms with Gasteiger partial charge in [-0.2, -0.15) is 0 Å². The standard InChI is InChI=1S/C10H19B/c1-11(2)10-7-3-5-9(10)6-4-8-10/h9H,3-8H2,1-2H3.